The molecule has 2 rings (SSSR count). The first-order valence-corrected chi connectivity index (χ1v) is 11.4. The predicted octanol–water partition coefficient (Wildman–Crippen LogP) is 2.86. The number of aromatic nitrogens is 4. The molecule has 0 unspecified atom stereocenters. The quantitative estimate of drug-likeness (QED) is 0.445. The van der Waals surface area contributed by atoms with Gasteiger partial charge in [0.15, 0.2) is 5.65 Å². The normalized spacial score (nSPS) is 12.3. The van der Waals surface area contributed by atoms with Crippen molar-refractivity contribution in [3.05, 3.63) is 20.2 Å². The number of rotatable bonds is 5. The van der Waals surface area contributed by atoms with Gasteiger partial charge in [-0.3, -0.25) is 9.36 Å². The fourth-order valence-electron chi connectivity index (χ4n) is 1.76. The number of hydrogen-bond acceptors (Lipinski definition) is 4. The summed E-state index contributed by atoms with van der Waals surface area (Å²) < 4.78 is 8.94. The van der Waals surface area contributed by atoms with E-state index in [2.05, 4.69) is 45.7 Å². The molecule has 9 heteroatoms. The SMILES string of the molecule is Cn1c(Cl)nc2c(c(Br)nn2COCC[Si](C)(C)C)c1=O. The van der Waals surface area contributed by atoms with Crippen molar-refractivity contribution in [2.45, 2.75) is 32.4 Å². The van der Waals surface area contributed by atoms with Crippen LogP contribution in [0.15, 0.2) is 9.40 Å². The highest BCUT2D eigenvalue weighted by Gasteiger charge is 2.17. The van der Waals surface area contributed by atoms with Gasteiger partial charge in [0.25, 0.3) is 5.56 Å². The summed E-state index contributed by atoms with van der Waals surface area (Å²) >= 11 is 9.25. The number of fused-ring (bicyclic) bond motifs is 1. The van der Waals surface area contributed by atoms with Crippen LogP contribution in [0.3, 0.4) is 0 Å². The third-order valence-corrected chi connectivity index (χ3v) is 5.68. The van der Waals surface area contributed by atoms with Crippen LogP contribution in [0.1, 0.15) is 0 Å². The zero-order chi connectivity index (χ0) is 15.8. The molecule has 0 aliphatic carbocycles. The van der Waals surface area contributed by atoms with Crippen LogP contribution in [0.5, 0.6) is 0 Å². The van der Waals surface area contributed by atoms with E-state index in [4.69, 9.17) is 16.3 Å². The summed E-state index contributed by atoms with van der Waals surface area (Å²) in [6.07, 6.45) is 0. The number of halogens is 2. The monoisotopic (exact) mass is 392 g/mol. The van der Waals surface area contributed by atoms with Crippen molar-refractivity contribution in [2.24, 2.45) is 7.05 Å². The molecular weight excluding hydrogens is 376 g/mol. The van der Waals surface area contributed by atoms with Crippen LogP contribution in [-0.2, 0) is 18.5 Å². The Morgan fingerprint density at radius 1 is 1.38 bits per heavy atom. The van der Waals surface area contributed by atoms with Crippen LogP contribution in [-0.4, -0.2) is 34.0 Å². The van der Waals surface area contributed by atoms with Crippen molar-refractivity contribution in [2.75, 3.05) is 6.61 Å². The predicted molar refractivity (Wildman–Crippen MR) is 89.6 cm³/mol. The van der Waals surface area contributed by atoms with E-state index in [1.165, 1.54) is 4.57 Å². The topological polar surface area (TPSA) is 61.9 Å². The molecule has 0 saturated carbocycles. The lowest BCUT2D eigenvalue weighted by atomic mass is 10.4. The summed E-state index contributed by atoms with van der Waals surface area (Å²) in [5, 5.41) is 4.79. The van der Waals surface area contributed by atoms with Crippen LogP contribution >= 0.6 is 27.5 Å². The molecule has 0 saturated heterocycles. The highest BCUT2D eigenvalue weighted by Crippen LogP contribution is 2.20. The zero-order valence-corrected chi connectivity index (χ0v) is 15.8. The number of nitrogens with zero attached hydrogens (tertiary/aromatic N) is 4. The van der Waals surface area contributed by atoms with Gasteiger partial charge >= 0.3 is 0 Å². The average molecular weight is 394 g/mol. The fraction of sp³-hybridized carbons (Fsp3) is 0.583. The van der Waals surface area contributed by atoms with Gasteiger partial charge in [-0.25, -0.2) is 4.68 Å². The molecule has 0 atom stereocenters. The van der Waals surface area contributed by atoms with E-state index < -0.39 is 8.07 Å². The second kappa shape index (κ2) is 6.19. The van der Waals surface area contributed by atoms with Crippen molar-refractivity contribution in [1.29, 1.82) is 0 Å². The molecule has 0 radical (unpaired) electrons. The summed E-state index contributed by atoms with van der Waals surface area (Å²) in [6, 6.07) is 1.07. The van der Waals surface area contributed by atoms with Gasteiger partial charge in [-0.05, 0) is 33.6 Å². The van der Waals surface area contributed by atoms with Gasteiger partial charge < -0.3 is 4.74 Å². The van der Waals surface area contributed by atoms with E-state index in [1.54, 1.807) is 11.7 Å². The molecule has 2 heterocycles. The van der Waals surface area contributed by atoms with Crippen LogP contribution < -0.4 is 5.56 Å². The van der Waals surface area contributed by atoms with E-state index in [-0.39, 0.29) is 17.6 Å². The summed E-state index contributed by atoms with van der Waals surface area (Å²) in [6.45, 7) is 7.81. The molecule has 0 spiro atoms. The first-order chi connectivity index (χ1) is 9.70. The largest absolute Gasteiger partial charge is 0.359 e. The third kappa shape index (κ3) is 3.74. The van der Waals surface area contributed by atoms with Crippen LogP contribution in [0.4, 0.5) is 0 Å². The van der Waals surface area contributed by atoms with Crippen LogP contribution in [0, 0.1) is 0 Å². The molecule has 0 aliphatic rings. The second-order valence-electron chi connectivity index (χ2n) is 6.08. The van der Waals surface area contributed by atoms with Crippen LogP contribution in [0.25, 0.3) is 11.0 Å². The Hall–Kier alpha value is -0.703. The van der Waals surface area contributed by atoms with Gasteiger partial charge in [-0.1, -0.05) is 19.6 Å². The van der Waals surface area contributed by atoms with Gasteiger partial charge in [0.05, 0.1) is 0 Å². The summed E-state index contributed by atoms with van der Waals surface area (Å²) in [5.41, 5.74) is 0.202. The molecule has 21 heavy (non-hydrogen) atoms. The molecule has 0 N–H and O–H groups in total. The van der Waals surface area contributed by atoms with E-state index >= 15 is 0 Å². The third-order valence-electron chi connectivity index (χ3n) is 3.09. The van der Waals surface area contributed by atoms with Crippen molar-refractivity contribution < 1.29 is 4.74 Å². The van der Waals surface area contributed by atoms with Gasteiger partial charge in [-0.2, -0.15) is 10.1 Å². The first kappa shape index (κ1) is 16.7. The molecule has 0 aliphatic heterocycles. The Bertz CT molecular complexity index is 723. The lowest BCUT2D eigenvalue weighted by Crippen LogP contribution is -2.22. The lowest BCUT2D eigenvalue weighted by Gasteiger charge is -2.15. The maximum atomic E-state index is 12.2. The van der Waals surface area contributed by atoms with Crippen molar-refractivity contribution in [3.8, 4) is 0 Å². The van der Waals surface area contributed by atoms with Crippen LogP contribution in [0.2, 0.25) is 31.0 Å². The first-order valence-electron chi connectivity index (χ1n) is 6.57. The maximum absolute atomic E-state index is 12.2. The zero-order valence-electron chi connectivity index (χ0n) is 12.5. The Morgan fingerprint density at radius 3 is 2.67 bits per heavy atom. The summed E-state index contributed by atoms with van der Waals surface area (Å²) in [7, 11) is 0.452. The molecule has 2 aromatic heterocycles. The Kier molecular flexibility index (Phi) is 4.91. The highest BCUT2D eigenvalue weighted by atomic mass is 79.9. The molecule has 2 aromatic rings. The van der Waals surface area contributed by atoms with Gasteiger partial charge in [0.2, 0.25) is 5.28 Å². The highest BCUT2D eigenvalue weighted by molar-refractivity contribution is 9.10. The molecule has 0 aromatic carbocycles. The fourth-order valence-corrected chi connectivity index (χ4v) is 3.21. The molecule has 0 fully saturated rings. The Morgan fingerprint density at radius 2 is 2.05 bits per heavy atom. The Labute approximate surface area is 137 Å². The van der Waals surface area contributed by atoms with E-state index in [1.807, 2.05) is 0 Å². The van der Waals surface area contributed by atoms with Gasteiger partial charge in [-0.15, -0.1) is 0 Å². The van der Waals surface area contributed by atoms with Gasteiger partial charge in [0, 0.05) is 21.7 Å². The molecule has 0 bridgehead atoms. The standard InChI is InChI=1S/C12H18BrClN4O2Si/c1-17-11(19)8-9(13)16-18(10(8)15-12(17)14)7-20-5-6-21(2,3)4/h5-7H2,1-4H3. The van der Waals surface area contributed by atoms with E-state index in [9.17, 15) is 4.79 Å². The molecule has 6 nitrogen and oxygen atoms in total. The number of hydrogen-bond donors (Lipinski definition) is 0. The molecular formula is C12H18BrClN4O2Si. The van der Waals surface area contributed by atoms with Crippen molar-refractivity contribution in [3.63, 3.8) is 0 Å². The number of ether oxygens (including phenoxy) is 1. The lowest BCUT2D eigenvalue weighted by molar-refractivity contribution is 0.0810. The minimum atomic E-state index is -1.12. The molecule has 0 amide bonds. The summed E-state index contributed by atoms with van der Waals surface area (Å²) in [4.78, 5) is 16.4. The van der Waals surface area contributed by atoms with Crippen molar-refractivity contribution >= 4 is 46.6 Å². The smallest absolute Gasteiger partial charge is 0.266 e. The Balaban J connectivity index is 2.24. The minimum Gasteiger partial charge on any atom is -0.359 e. The maximum Gasteiger partial charge on any atom is 0.266 e. The summed E-state index contributed by atoms with van der Waals surface area (Å²) in [5.74, 6) is 0. The van der Waals surface area contributed by atoms with E-state index in [0.29, 0.717) is 22.2 Å². The molecule has 116 valence electrons. The second-order valence-corrected chi connectivity index (χ2v) is 12.8. The van der Waals surface area contributed by atoms with Crippen molar-refractivity contribution in [1.82, 2.24) is 19.3 Å². The average Bonchev–Trinajstić information content (AvgIpc) is 2.67. The van der Waals surface area contributed by atoms with E-state index in [0.717, 1.165) is 6.04 Å². The van der Waals surface area contributed by atoms with Gasteiger partial charge in [0.1, 0.15) is 16.7 Å². The minimum absolute atomic E-state index is 0.128.